The summed E-state index contributed by atoms with van der Waals surface area (Å²) in [4.78, 5) is 2.67. The molecule has 0 amide bonds. The third-order valence-corrected chi connectivity index (χ3v) is 7.04. The fourth-order valence-electron chi connectivity index (χ4n) is 4.09. The third kappa shape index (κ3) is 1.94. The zero-order valence-corrected chi connectivity index (χ0v) is 15.5. The maximum atomic E-state index is 2.30. The van der Waals surface area contributed by atoms with E-state index < -0.39 is 0 Å². The zero-order chi connectivity index (χ0) is 17.1. The number of thiophene rings is 2. The molecule has 6 rings (SSSR count). The Balaban J connectivity index is 1.81. The molecule has 0 aliphatic carbocycles. The molecule has 0 nitrogen and oxygen atoms in total. The van der Waals surface area contributed by atoms with Crippen LogP contribution in [-0.4, -0.2) is 0 Å². The van der Waals surface area contributed by atoms with E-state index in [1.807, 2.05) is 22.7 Å². The van der Waals surface area contributed by atoms with E-state index in [4.69, 9.17) is 0 Å². The van der Waals surface area contributed by atoms with Crippen molar-refractivity contribution in [3.05, 3.63) is 83.6 Å². The minimum Gasteiger partial charge on any atom is -0.144 e. The first kappa shape index (κ1) is 14.5. The van der Waals surface area contributed by atoms with Crippen LogP contribution >= 0.6 is 22.7 Å². The van der Waals surface area contributed by atoms with Gasteiger partial charge in [-0.05, 0) is 66.3 Å². The first-order valence-electron chi connectivity index (χ1n) is 8.68. The van der Waals surface area contributed by atoms with Gasteiger partial charge in [0.2, 0.25) is 0 Å². The number of benzene rings is 4. The summed E-state index contributed by atoms with van der Waals surface area (Å²) in [5.74, 6) is 0. The maximum Gasteiger partial charge on any atom is 0.0348 e. The van der Waals surface area contributed by atoms with Gasteiger partial charge >= 0.3 is 0 Å². The monoisotopic (exact) mass is 366 g/mol. The van der Waals surface area contributed by atoms with Gasteiger partial charge in [-0.1, -0.05) is 60.7 Å². The average Bonchev–Trinajstić information content (AvgIpc) is 3.39. The molecule has 4 aromatic carbocycles. The van der Waals surface area contributed by atoms with Crippen molar-refractivity contribution >= 4 is 55.0 Å². The number of hydrogen-bond acceptors (Lipinski definition) is 2. The molecule has 0 fully saturated rings. The van der Waals surface area contributed by atoms with Gasteiger partial charge in [-0.15, -0.1) is 22.7 Å². The Morgan fingerprint density at radius 2 is 0.923 bits per heavy atom. The molecule has 0 radical (unpaired) electrons. The Hall–Kier alpha value is -2.68. The SMILES string of the molecule is c1csc(-c2ccc3ccc4c(-c5cccs5)ccc5ccc2c3c54)c1. The van der Waals surface area contributed by atoms with Crippen molar-refractivity contribution in [2.75, 3.05) is 0 Å². The second-order valence-electron chi connectivity index (χ2n) is 6.60. The lowest BCUT2D eigenvalue weighted by Gasteiger charge is -2.15. The van der Waals surface area contributed by atoms with Gasteiger partial charge in [-0.25, -0.2) is 0 Å². The summed E-state index contributed by atoms with van der Waals surface area (Å²) < 4.78 is 0. The largest absolute Gasteiger partial charge is 0.144 e. The van der Waals surface area contributed by atoms with Crippen LogP contribution in [0.25, 0.3) is 53.2 Å². The second-order valence-corrected chi connectivity index (χ2v) is 8.50. The van der Waals surface area contributed by atoms with Crippen LogP contribution in [0.5, 0.6) is 0 Å². The Morgan fingerprint density at radius 1 is 0.462 bits per heavy atom. The smallest absolute Gasteiger partial charge is 0.0348 e. The van der Waals surface area contributed by atoms with Gasteiger partial charge in [0.25, 0.3) is 0 Å². The molecule has 0 saturated carbocycles. The van der Waals surface area contributed by atoms with Crippen LogP contribution in [0, 0.1) is 0 Å². The summed E-state index contributed by atoms with van der Waals surface area (Å²) in [6.07, 6.45) is 0. The molecule has 0 aliphatic heterocycles. The van der Waals surface area contributed by atoms with Gasteiger partial charge in [0, 0.05) is 9.75 Å². The molecule has 122 valence electrons. The van der Waals surface area contributed by atoms with Gasteiger partial charge < -0.3 is 0 Å². The van der Waals surface area contributed by atoms with Crippen molar-refractivity contribution in [1.82, 2.24) is 0 Å². The van der Waals surface area contributed by atoms with Gasteiger partial charge in [0.15, 0.2) is 0 Å². The fourth-order valence-corrected chi connectivity index (χ4v) is 5.63. The van der Waals surface area contributed by atoms with E-state index in [1.54, 1.807) is 0 Å². The first-order chi connectivity index (χ1) is 12.9. The second kappa shape index (κ2) is 5.41. The molecule has 0 N–H and O–H groups in total. The van der Waals surface area contributed by atoms with Crippen molar-refractivity contribution in [2.24, 2.45) is 0 Å². The van der Waals surface area contributed by atoms with Crippen LogP contribution in [0.2, 0.25) is 0 Å². The number of rotatable bonds is 2. The third-order valence-electron chi connectivity index (χ3n) is 5.24. The molecule has 2 heteroatoms. The topological polar surface area (TPSA) is 0 Å². The van der Waals surface area contributed by atoms with Crippen molar-refractivity contribution < 1.29 is 0 Å². The Kier molecular flexibility index (Phi) is 3.01. The van der Waals surface area contributed by atoms with E-state index in [-0.39, 0.29) is 0 Å². The Labute approximate surface area is 159 Å². The van der Waals surface area contributed by atoms with Gasteiger partial charge in [-0.3, -0.25) is 0 Å². The normalized spacial score (nSPS) is 11.8. The van der Waals surface area contributed by atoms with Gasteiger partial charge in [0.1, 0.15) is 0 Å². The van der Waals surface area contributed by atoms with Crippen molar-refractivity contribution in [2.45, 2.75) is 0 Å². The Morgan fingerprint density at radius 3 is 1.35 bits per heavy atom. The van der Waals surface area contributed by atoms with Crippen LogP contribution in [0.3, 0.4) is 0 Å². The standard InChI is InChI=1S/C24H14S2/c1-3-21(25-13-1)17-9-5-15-8-12-20-18(22-4-2-14-26-22)10-6-16-7-11-19(17)23(15)24(16)20/h1-14H. The molecule has 2 aromatic heterocycles. The van der Waals surface area contributed by atoms with Crippen molar-refractivity contribution in [1.29, 1.82) is 0 Å². The zero-order valence-electron chi connectivity index (χ0n) is 13.9. The van der Waals surface area contributed by atoms with Crippen LogP contribution in [-0.2, 0) is 0 Å². The van der Waals surface area contributed by atoms with Crippen LogP contribution in [0.4, 0.5) is 0 Å². The van der Waals surface area contributed by atoms with Crippen LogP contribution in [0.1, 0.15) is 0 Å². The van der Waals surface area contributed by atoms with E-state index in [0.717, 1.165) is 0 Å². The number of hydrogen-bond donors (Lipinski definition) is 0. The minimum absolute atomic E-state index is 1.32. The van der Waals surface area contributed by atoms with Gasteiger partial charge in [0.05, 0.1) is 0 Å². The quantitative estimate of drug-likeness (QED) is 0.272. The summed E-state index contributed by atoms with van der Waals surface area (Å²) in [7, 11) is 0. The molecule has 0 spiro atoms. The van der Waals surface area contributed by atoms with Crippen LogP contribution < -0.4 is 0 Å². The highest BCUT2D eigenvalue weighted by Crippen LogP contribution is 2.43. The average molecular weight is 367 g/mol. The van der Waals surface area contributed by atoms with Crippen LogP contribution in [0.15, 0.2) is 83.6 Å². The predicted octanol–water partition coefficient (Wildman–Crippen LogP) is 8.04. The molecule has 2 heterocycles. The highest BCUT2D eigenvalue weighted by Gasteiger charge is 2.15. The lowest BCUT2D eigenvalue weighted by Crippen LogP contribution is -1.87. The molecule has 0 aliphatic rings. The van der Waals surface area contributed by atoms with Gasteiger partial charge in [-0.2, -0.15) is 0 Å². The molecular formula is C24H14S2. The molecule has 0 atom stereocenters. The van der Waals surface area contributed by atoms with E-state index in [2.05, 4.69) is 83.6 Å². The molecule has 6 aromatic rings. The molecule has 0 bridgehead atoms. The molecule has 0 saturated heterocycles. The van der Waals surface area contributed by atoms with E-state index in [9.17, 15) is 0 Å². The van der Waals surface area contributed by atoms with E-state index >= 15 is 0 Å². The highest BCUT2D eigenvalue weighted by molar-refractivity contribution is 7.14. The summed E-state index contributed by atoms with van der Waals surface area (Å²) in [6.45, 7) is 0. The maximum absolute atomic E-state index is 2.30. The molecule has 0 unspecified atom stereocenters. The molecule has 26 heavy (non-hydrogen) atoms. The summed E-state index contributed by atoms with van der Waals surface area (Å²) >= 11 is 3.62. The lowest BCUT2D eigenvalue weighted by atomic mass is 9.89. The van der Waals surface area contributed by atoms with Crippen molar-refractivity contribution in [3.8, 4) is 20.9 Å². The van der Waals surface area contributed by atoms with E-state index in [0.29, 0.717) is 0 Å². The summed E-state index contributed by atoms with van der Waals surface area (Å²) in [6, 6.07) is 26.9. The molecular weight excluding hydrogens is 352 g/mol. The Bertz CT molecular complexity index is 1250. The first-order valence-corrected chi connectivity index (χ1v) is 10.4. The summed E-state index contributed by atoms with van der Waals surface area (Å²) in [5.41, 5.74) is 2.67. The highest BCUT2D eigenvalue weighted by atomic mass is 32.1. The lowest BCUT2D eigenvalue weighted by molar-refractivity contribution is 1.76. The predicted molar refractivity (Wildman–Crippen MR) is 117 cm³/mol. The summed E-state index contributed by atoms with van der Waals surface area (Å²) in [5, 5.41) is 12.4. The fraction of sp³-hybridized carbons (Fsp3) is 0. The minimum atomic E-state index is 1.32. The van der Waals surface area contributed by atoms with Crippen molar-refractivity contribution in [3.63, 3.8) is 0 Å². The van der Waals surface area contributed by atoms with E-state index in [1.165, 1.54) is 53.2 Å².